The fourth-order valence-electron chi connectivity index (χ4n) is 2.24. The van der Waals surface area contributed by atoms with Gasteiger partial charge in [-0.2, -0.15) is 0 Å². The molecule has 0 unspecified atom stereocenters. The molecule has 1 aliphatic rings. The van der Waals surface area contributed by atoms with Gasteiger partial charge in [-0.25, -0.2) is 4.68 Å². The molecule has 1 fully saturated rings. The zero-order chi connectivity index (χ0) is 11.4. The van der Waals surface area contributed by atoms with E-state index in [2.05, 4.69) is 27.8 Å². The highest BCUT2D eigenvalue weighted by atomic mass is 16.2. The Hall–Kier alpha value is -1.46. The molecule has 1 saturated carbocycles. The Labute approximate surface area is 94.4 Å². The number of rotatable bonds is 3. The van der Waals surface area contributed by atoms with Crippen molar-refractivity contribution in [2.75, 3.05) is 0 Å². The maximum atomic E-state index is 11.7. The van der Waals surface area contributed by atoms with E-state index in [0.29, 0.717) is 12.0 Å². The predicted octanol–water partition coefficient (Wildman–Crippen LogP) is 0.368. The predicted molar refractivity (Wildman–Crippen MR) is 57.4 cm³/mol. The van der Waals surface area contributed by atoms with Crippen molar-refractivity contribution in [1.82, 2.24) is 25.5 Å². The number of nitrogens with one attached hydrogen (secondary N) is 1. The van der Waals surface area contributed by atoms with Crippen LogP contribution in [-0.4, -0.2) is 32.2 Å². The van der Waals surface area contributed by atoms with Crippen LogP contribution in [0.5, 0.6) is 0 Å². The van der Waals surface area contributed by atoms with Crippen LogP contribution in [0.3, 0.4) is 0 Å². The van der Waals surface area contributed by atoms with Crippen molar-refractivity contribution >= 4 is 5.91 Å². The van der Waals surface area contributed by atoms with Crippen LogP contribution in [0.1, 0.15) is 32.6 Å². The third kappa shape index (κ3) is 3.01. The third-order valence-corrected chi connectivity index (χ3v) is 3.00. The van der Waals surface area contributed by atoms with Crippen LogP contribution in [0.4, 0.5) is 0 Å². The van der Waals surface area contributed by atoms with E-state index in [1.807, 2.05) is 0 Å². The molecular formula is C10H17N5O. The van der Waals surface area contributed by atoms with Crippen molar-refractivity contribution < 1.29 is 4.79 Å². The Balaban J connectivity index is 1.78. The van der Waals surface area contributed by atoms with E-state index < -0.39 is 0 Å². The van der Waals surface area contributed by atoms with Crippen molar-refractivity contribution in [3.63, 3.8) is 0 Å². The van der Waals surface area contributed by atoms with Crippen LogP contribution >= 0.6 is 0 Å². The minimum Gasteiger partial charge on any atom is -0.352 e. The second-order valence-corrected chi connectivity index (χ2v) is 4.54. The highest BCUT2D eigenvalue weighted by molar-refractivity contribution is 5.75. The lowest BCUT2D eigenvalue weighted by atomic mass is 9.87. The molecule has 88 valence electrons. The van der Waals surface area contributed by atoms with Crippen molar-refractivity contribution in [3.05, 3.63) is 6.33 Å². The zero-order valence-electron chi connectivity index (χ0n) is 9.46. The van der Waals surface area contributed by atoms with Gasteiger partial charge in [-0.3, -0.25) is 4.79 Å². The molecule has 1 aromatic rings. The molecule has 1 heterocycles. The number of nitrogens with zero attached hydrogens (tertiary/aromatic N) is 4. The van der Waals surface area contributed by atoms with Gasteiger partial charge in [-0.15, -0.1) is 5.10 Å². The lowest BCUT2D eigenvalue weighted by Crippen LogP contribution is -2.39. The van der Waals surface area contributed by atoms with Gasteiger partial charge in [-0.05, 0) is 29.2 Å². The first kappa shape index (κ1) is 11.0. The van der Waals surface area contributed by atoms with Gasteiger partial charge < -0.3 is 5.32 Å². The van der Waals surface area contributed by atoms with Gasteiger partial charge in [0.05, 0.1) is 0 Å². The standard InChI is InChI=1S/C10H17N5O/c1-8-3-2-4-9(5-8)12-10(16)6-15-7-11-13-14-15/h7-9H,2-6H2,1H3,(H,12,16)/t8-,9+/m0/s1. The average Bonchev–Trinajstić information content (AvgIpc) is 2.70. The van der Waals surface area contributed by atoms with Gasteiger partial charge in [0.15, 0.2) is 0 Å². The number of carbonyl (C=O) groups excluding carboxylic acids is 1. The number of tetrazole rings is 1. The molecule has 2 atom stereocenters. The first-order chi connectivity index (χ1) is 7.74. The number of hydrogen-bond donors (Lipinski definition) is 1. The molecule has 0 radical (unpaired) electrons. The van der Waals surface area contributed by atoms with Gasteiger partial charge in [0.25, 0.3) is 0 Å². The molecule has 1 aliphatic carbocycles. The Morgan fingerprint density at radius 2 is 2.44 bits per heavy atom. The summed E-state index contributed by atoms with van der Waals surface area (Å²) in [5.74, 6) is 0.707. The topological polar surface area (TPSA) is 72.7 Å². The Bertz CT molecular complexity index is 337. The van der Waals surface area contributed by atoms with Crippen LogP contribution in [0, 0.1) is 5.92 Å². The number of carbonyl (C=O) groups is 1. The quantitative estimate of drug-likeness (QED) is 0.803. The van der Waals surface area contributed by atoms with Crippen molar-refractivity contribution in [1.29, 1.82) is 0 Å². The summed E-state index contributed by atoms with van der Waals surface area (Å²) in [5.41, 5.74) is 0. The molecule has 0 aliphatic heterocycles. The van der Waals surface area contributed by atoms with Gasteiger partial charge in [0.2, 0.25) is 5.91 Å². The maximum absolute atomic E-state index is 11.7. The molecule has 0 aromatic carbocycles. The number of hydrogen-bond acceptors (Lipinski definition) is 4. The number of aromatic nitrogens is 4. The molecular weight excluding hydrogens is 206 g/mol. The summed E-state index contributed by atoms with van der Waals surface area (Å²) >= 11 is 0. The average molecular weight is 223 g/mol. The van der Waals surface area contributed by atoms with E-state index in [9.17, 15) is 4.79 Å². The molecule has 1 aromatic heterocycles. The van der Waals surface area contributed by atoms with E-state index in [1.54, 1.807) is 0 Å². The molecule has 6 nitrogen and oxygen atoms in total. The summed E-state index contributed by atoms with van der Waals surface area (Å²) in [6, 6.07) is 0.327. The highest BCUT2D eigenvalue weighted by Gasteiger charge is 2.20. The second-order valence-electron chi connectivity index (χ2n) is 4.54. The van der Waals surface area contributed by atoms with E-state index in [0.717, 1.165) is 12.8 Å². The molecule has 1 N–H and O–H groups in total. The third-order valence-electron chi connectivity index (χ3n) is 3.00. The Morgan fingerprint density at radius 3 is 3.12 bits per heavy atom. The summed E-state index contributed by atoms with van der Waals surface area (Å²) in [4.78, 5) is 11.7. The van der Waals surface area contributed by atoms with Crippen molar-refractivity contribution in [2.45, 2.75) is 45.2 Å². The monoisotopic (exact) mass is 223 g/mol. The van der Waals surface area contributed by atoms with Gasteiger partial charge in [0.1, 0.15) is 12.9 Å². The molecule has 1 amide bonds. The van der Waals surface area contributed by atoms with Crippen LogP contribution < -0.4 is 5.32 Å². The maximum Gasteiger partial charge on any atom is 0.242 e. The fourth-order valence-corrected chi connectivity index (χ4v) is 2.24. The SMILES string of the molecule is C[C@H]1CCC[C@@H](NC(=O)Cn2cnnn2)C1. The van der Waals surface area contributed by atoms with Crippen LogP contribution in [0.15, 0.2) is 6.33 Å². The molecule has 6 heteroatoms. The summed E-state index contributed by atoms with van der Waals surface area (Å²) in [7, 11) is 0. The highest BCUT2D eigenvalue weighted by Crippen LogP contribution is 2.23. The summed E-state index contributed by atoms with van der Waals surface area (Å²) < 4.78 is 1.43. The van der Waals surface area contributed by atoms with Crippen molar-refractivity contribution in [2.24, 2.45) is 5.92 Å². The smallest absolute Gasteiger partial charge is 0.242 e. The van der Waals surface area contributed by atoms with Gasteiger partial charge in [0, 0.05) is 6.04 Å². The van der Waals surface area contributed by atoms with Crippen LogP contribution in [-0.2, 0) is 11.3 Å². The van der Waals surface area contributed by atoms with Crippen molar-refractivity contribution in [3.8, 4) is 0 Å². The lowest BCUT2D eigenvalue weighted by Gasteiger charge is -2.27. The fraction of sp³-hybridized carbons (Fsp3) is 0.800. The molecule has 2 rings (SSSR count). The summed E-state index contributed by atoms with van der Waals surface area (Å²) in [6.07, 6.45) is 6.10. The summed E-state index contributed by atoms with van der Waals surface area (Å²) in [5, 5.41) is 13.7. The van der Waals surface area contributed by atoms with E-state index in [-0.39, 0.29) is 12.5 Å². The zero-order valence-corrected chi connectivity index (χ0v) is 9.46. The molecule has 0 bridgehead atoms. The Kier molecular flexibility index (Phi) is 3.48. The van der Waals surface area contributed by atoms with E-state index in [1.165, 1.54) is 23.9 Å². The number of amides is 1. The first-order valence-electron chi connectivity index (χ1n) is 5.74. The molecule has 0 saturated heterocycles. The Morgan fingerprint density at radius 1 is 1.56 bits per heavy atom. The van der Waals surface area contributed by atoms with Gasteiger partial charge >= 0.3 is 0 Å². The minimum atomic E-state index is -0.00796. The first-order valence-corrected chi connectivity index (χ1v) is 5.74. The molecule has 0 spiro atoms. The van der Waals surface area contributed by atoms with Crippen LogP contribution in [0.2, 0.25) is 0 Å². The second kappa shape index (κ2) is 5.05. The van der Waals surface area contributed by atoms with Crippen LogP contribution in [0.25, 0.3) is 0 Å². The normalized spacial score (nSPS) is 25.3. The minimum absolute atomic E-state index is 0.00796. The van der Waals surface area contributed by atoms with E-state index >= 15 is 0 Å². The summed E-state index contributed by atoms with van der Waals surface area (Å²) in [6.45, 7) is 2.44. The lowest BCUT2D eigenvalue weighted by molar-refractivity contribution is -0.122. The van der Waals surface area contributed by atoms with Gasteiger partial charge in [-0.1, -0.05) is 19.8 Å². The largest absolute Gasteiger partial charge is 0.352 e. The molecule has 16 heavy (non-hydrogen) atoms. The van der Waals surface area contributed by atoms with E-state index in [4.69, 9.17) is 0 Å².